The number of benzene rings is 1. The number of pyridine rings is 1. The molecule has 0 saturated carbocycles. The minimum atomic E-state index is -0.628. The number of rotatable bonds is 4. The zero-order valence-electron chi connectivity index (χ0n) is 14.3. The van der Waals surface area contributed by atoms with Crippen LogP contribution < -0.4 is 5.32 Å². The molecule has 25 heavy (non-hydrogen) atoms. The highest BCUT2D eigenvalue weighted by Gasteiger charge is 2.23. The Morgan fingerprint density at radius 1 is 1.32 bits per heavy atom. The maximum absolute atomic E-state index is 14.0. The zero-order valence-corrected chi connectivity index (χ0v) is 15.1. The molecule has 0 spiro atoms. The highest BCUT2D eigenvalue weighted by Crippen LogP contribution is 2.20. The molecule has 1 amide bonds. The smallest absolute Gasteiger partial charge is 0.253 e. The van der Waals surface area contributed by atoms with E-state index in [2.05, 4.69) is 10.3 Å². The molecular weight excluding hydrogens is 341 g/mol. The first-order chi connectivity index (χ1) is 11.7. The van der Waals surface area contributed by atoms with Gasteiger partial charge in [-0.2, -0.15) is 0 Å². The second-order valence-corrected chi connectivity index (χ2v) is 7.25. The molecule has 0 fully saturated rings. The number of nitrogens with zero attached hydrogens (tertiary/aromatic N) is 2. The minimum Gasteiger partial charge on any atom is -0.347 e. The Bertz CT molecular complexity index is 949. The molecule has 0 atom stereocenters. The van der Waals surface area contributed by atoms with Gasteiger partial charge in [-0.15, -0.1) is 0 Å². The molecule has 1 N–H and O–H groups in total. The van der Waals surface area contributed by atoms with Crippen molar-refractivity contribution in [2.75, 3.05) is 0 Å². The van der Waals surface area contributed by atoms with E-state index in [1.807, 2.05) is 37.7 Å². The Kier molecular flexibility index (Phi) is 4.52. The van der Waals surface area contributed by atoms with Crippen molar-refractivity contribution in [3.05, 3.63) is 64.7 Å². The van der Waals surface area contributed by atoms with Crippen molar-refractivity contribution in [3.63, 3.8) is 0 Å². The van der Waals surface area contributed by atoms with Gasteiger partial charge in [-0.05, 0) is 50.1 Å². The molecule has 0 radical (unpaired) electrons. The minimum absolute atomic E-state index is 0.238. The third-order valence-electron chi connectivity index (χ3n) is 4.07. The summed E-state index contributed by atoms with van der Waals surface area (Å²) in [5.41, 5.74) is 1.17. The standard InChI is InChI=1S/C19H19ClFN3O/c1-19(2,10-13-4-5-15(20)9-16(13)21)23-18(25)14-8-12-6-7-24(3)17(12)22-11-14/h4-9,11H,10H2,1-3H3,(H,23,25). The van der Waals surface area contributed by atoms with E-state index in [9.17, 15) is 9.18 Å². The van der Waals surface area contributed by atoms with Gasteiger partial charge in [0.05, 0.1) is 5.56 Å². The van der Waals surface area contributed by atoms with Crippen molar-refractivity contribution < 1.29 is 9.18 Å². The number of carbonyl (C=O) groups is 1. The van der Waals surface area contributed by atoms with Gasteiger partial charge < -0.3 is 9.88 Å². The summed E-state index contributed by atoms with van der Waals surface area (Å²) in [4.78, 5) is 16.9. The van der Waals surface area contributed by atoms with Gasteiger partial charge in [-0.1, -0.05) is 17.7 Å². The van der Waals surface area contributed by atoms with E-state index in [0.29, 0.717) is 22.6 Å². The third kappa shape index (κ3) is 3.82. The average molecular weight is 360 g/mol. The van der Waals surface area contributed by atoms with Gasteiger partial charge >= 0.3 is 0 Å². The second-order valence-electron chi connectivity index (χ2n) is 6.81. The lowest BCUT2D eigenvalue weighted by atomic mass is 9.94. The van der Waals surface area contributed by atoms with E-state index in [-0.39, 0.29) is 11.7 Å². The molecule has 0 saturated heterocycles. The summed E-state index contributed by atoms with van der Waals surface area (Å²) in [7, 11) is 1.90. The number of hydrogen-bond donors (Lipinski definition) is 1. The molecule has 0 aliphatic heterocycles. The van der Waals surface area contributed by atoms with Crippen LogP contribution in [0, 0.1) is 5.82 Å². The lowest BCUT2D eigenvalue weighted by Crippen LogP contribution is -2.45. The molecule has 4 nitrogen and oxygen atoms in total. The van der Waals surface area contributed by atoms with Gasteiger partial charge in [-0.25, -0.2) is 9.37 Å². The summed E-state index contributed by atoms with van der Waals surface area (Å²) in [6, 6.07) is 8.28. The fourth-order valence-electron chi connectivity index (χ4n) is 2.84. The van der Waals surface area contributed by atoms with Gasteiger partial charge in [0.1, 0.15) is 11.5 Å². The topological polar surface area (TPSA) is 46.9 Å². The highest BCUT2D eigenvalue weighted by molar-refractivity contribution is 6.30. The number of nitrogens with one attached hydrogen (secondary N) is 1. The molecule has 3 rings (SSSR count). The summed E-state index contributed by atoms with van der Waals surface area (Å²) < 4.78 is 15.9. The van der Waals surface area contributed by atoms with E-state index in [1.165, 1.54) is 6.07 Å². The fourth-order valence-corrected chi connectivity index (χ4v) is 3.00. The number of aryl methyl sites for hydroxylation is 1. The Hall–Kier alpha value is -2.40. The van der Waals surface area contributed by atoms with Crippen LogP contribution in [0.15, 0.2) is 42.7 Å². The van der Waals surface area contributed by atoms with Crippen LogP contribution in [0.3, 0.4) is 0 Å². The van der Waals surface area contributed by atoms with Crippen molar-refractivity contribution in [3.8, 4) is 0 Å². The highest BCUT2D eigenvalue weighted by atomic mass is 35.5. The van der Waals surface area contributed by atoms with E-state index in [1.54, 1.807) is 24.4 Å². The van der Waals surface area contributed by atoms with Crippen LogP contribution in [0.5, 0.6) is 0 Å². The zero-order chi connectivity index (χ0) is 18.2. The quantitative estimate of drug-likeness (QED) is 0.761. The van der Waals surface area contributed by atoms with E-state index in [0.717, 1.165) is 11.0 Å². The monoisotopic (exact) mass is 359 g/mol. The van der Waals surface area contributed by atoms with Crippen molar-refractivity contribution in [2.45, 2.75) is 25.8 Å². The van der Waals surface area contributed by atoms with Crippen molar-refractivity contribution >= 4 is 28.5 Å². The first-order valence-electron chi connectivity index (χ1n) is 7.93. The van der Waals surface area contributed by atoms with Crippen LogP contribution in [-0.2, 0) is 13.5 Å². The number of halogens is 2. The fraction of sp³-hybridized carbons (Fsp3) is 0.263. The molecule has 0 bridgehead atoms. The summed E-state index contributed by atoms with van der Waals surface area (Å²) in [6.45, 7) is 3.71. The van der Waals surface area contributed by atoms with Crippen LogP contribution in [0.4, 0.5) is 4.39 Å². The number of amides is 1. The molecular formula is C19H19ClFN3O. The van der Waals surface area contributed by atoms with Crippen molar-refractivity contribution in [2.24, 2.45) is 7.05 Å². The lowest BCUT2D eigenvalue weighted by molar-refractivity contribution is 0.0912. The van der Waals surface area contributed by atoms with Crippen LogP contribution in [0.1, 0.15) is 29.8 Å². The SMILES string of the molecule is Cn1ccc2cc(C(=O)NC(C)(C)Cc3ccc(Cl)cc3F)cnc21. The van der Waals surface area contributed by atoms with Gasteiger partial charge in [0.15, 0.2) is 0 Å². The van der Waals surface area contributed by atoms with Gasteiger partial charge in [0, 0.05) is 35.4 Å². The summed E-state index contributed by atoms with van der Waals surface area (Å²) in [6.07, 6.45) is 3.80. The molecule has 1 aromatic carbocycles. The van der Waals surface area contributed by atoms with Crippen molar-refractivity contribution in [1.29, 1.82) is 0 Å². The molecule has 2 heterocycles. The molecule has 0 aliphatic carbocycles. The maximum Gasteiger partial charge on any atom is 0.253 e. The van der Waals surface area contributed by atoms with E-state index in [4.69, 9.17) is 11.6 Å². The van der Waals surface area contributed by atoms with Crippen LogP contribution in [-0.4, -0.2) is 21.0 Å². The molecule has 2 aromatic heterocycles. The normalized spacial score (nSPS) is 11.7. The molecule has 0 aliphatic rings. The van der Waals surface area contributed by atoms with Gasteiger partial charge in [0.25, 0.3) is 5.91 Å². The average Bonchev–Trinajstić information content (AvgIpc) is 2.90. The molecule has 0 unspecified atom stereocenters. The lowest BCUT2D eigenvalue weighted by Gasteiger charge is -2.26. The van der Waals surface area contributed by atoms with Crippen LogP contribution >= 0.6 is 11.6 Å². The summed E-state index contributed by atoms with van der Waals surface area (Å²) in [5, 5.41) is 4.20. The summed E-state index contributed by atoms with van der Waals surface area (Å²) >= 11 is 5.78. The first-order valence-corrected chi connectivity index (χ1v) is 8.30. The van der Waals surface area contributed by atoms with Crippen molar-refractivity contribution in [1.82, 2.24) is 14.9 Å². The predicted octanol–water partition coefficient (Wildman–Crippen LogP) is 4.12. The van der Waals surface area contributed by atoms with E-state index >= 15 is 0 Å². The largest absolute Gasteiger partial charge is 0.347 e. The molecule has 3 aromatic rings. The molecule has 6 heteroatoms. The number of hydrogen-bond acceptors (Lipinski definition) is 2. The third-order valence-corrected chi connectivity index (χ3v) is 4.30. The predicted molar refractivity (Wildman–Crippen MR) is 97.4 cm³/mol. The number of carbonyl (C=O) groups excluding carboxylic acids is 1. The van der Waals surface area contributed by atoms with Crippen LogP contribution in [0.25, 0.3) is 11.0 Å². The summed E-state index contributed by atoms with van der Waals surface area (Å²) in [5.74, 6) is -0.611. The van der Waals surface area contributed by atoms with E-state index < -0.39 is 5.54 Å². The molecule has 130 valence electrons. The van der Waals surface area contributed by atoms with Gasteiger partial charge in [-0.3, -0.25) is 4.79 Å². The number of fused-ring (bicyclic) bond motifs is 1. The van der Waals surface area contributed by atoms with Gasteiger partial charge in [0.2, 0.25) is 0 Å². The maximum atomic E-state index is 14.0. The number of aromatic nitrogens is 2. The Morgan fingerprint density at radius 2 is 2.08 bits per heavy atom. The Labute approximate surface area is 150 Å². The Balaban J connectivity index is 1.77. The Morgan fingerprint density at radius 3 is 2.80 bits per heavy atom. The first kappa shape index (κ1) is 17.4. The van der Waals surface area contributed by atoms with Crippen LogP contribution in [0.2, 0.25) is 5.02 Å². The second kappa shape index (κ2) is 6.48.